The number of carboxylic acids is 1. The molecule has 0 rings (SSSR count). The zero-order valence-electron chi connectivity index (χ0n) is 16.3. The summed E-state index contributed by atoms with van der Waals surface area (Å²) in [5.41, 5.74) is -0.250. The van der Waals surface area contributed by atoms with Crippen molar-refractivity contribution in [2.75, 3.05) is 0 Å². The molecule has 0 heterocycles. The fourth-order valence-electron chi connectivity index (χ4n) is 1.02. The van der Waals surface area contributed by atoms with E-state index in [0.29, 0.717) is 0 Å². The smallest absolute Gasteiger partial charge is 0.361 e. The van der Waals surface area contributed by atoms with Gasteiger partial charge >= 0.3 is 5.97 Å². The molecule has 7 heteroatoms. The number of aliphatic carboxylic acids is 1. The lowest BCUT2D eigenvalue weighted by Gasteiger charge is -2.37. The Morgan fingerprint density at radius 2 is 1.35 bits per heavy atom. The van der Waals surface area contributed by atoms with E-state index in [4.69, 9.17) is 8.95 Å². The Bertz CT molecular complexity index is 497. The third-order valence-electron chi connectivity index (χ3n) is 4.82. The van der Waals surface area contributed by atoms with Crippen LogP contribution in [0.15, 0.2) is 17.5 Å². The summed E-state index contributed by atoms with van der Waals surface area (Å²) in [7, 11) is -4.37. The molecule has 0 amide bonds. The van der Waals surface area contributed by atoms with Gasteiger partial charge in [-0.05, 0) is 36.3 Å². The van der Waals surface area contributed by atoms with Gasteiger partial charge in [0.05, 0.1) is 0 Å². The number of rotatable bonds is 6. The van der Waals surface area contributed by atoms with E-state index in [1.54, 1.807) is 0 Å². The molecule has 23 heavy (non-hydrogen) atoms. The van der Waals surface area contributed by atoms with Crippen LogP contribution in [0.1, 0.15) is 41.5 Å². The van der Waals surface area contributed by atoms with Crippen LogP contribution in [0.5, 0.6) is 0 Å². The lowest BCUT2D eigenvalue weighted by Crippen LogP contribution is -2.42. The van der Waals surface area contributed by atoms with Crippen LogP contribution in [0.4, 0.5) is 0 Å². The monoisotopic (exact) mass is 359 g/mol. The van der Waals surface area contributed by atoms with Crippen LogP contribution in [0.2, 0.25) is 36.3 Å². The number of carbonyl (C=O) groups is 1. The van der Waals surface area contributed by atoms with Crippen LogP contribution in [-0.4, -0.2) is 33.4 Å². The largest absolute Gasteiger partial charge is 0.542 e. The Hall–Kier alpha value is -1.09. The minimum atomic E-state index is -2.19. The average Bonchev–Trinajstić information content (AvgIpc) is 2.24. The van der Waals surface area contributed by atoms with Gasteiger partial charge in [-0.3, -0.25) is 0 Å². The minimum absolute atomic E-state index is 0.0557. The highest BCUT2D eigenvalue weighted by atomic mass is 28.4. The molecule has 0 aliphatic heterocycles. The highest BCUT2D eigenvalue weighted by molar-refractivity contribution is 6.75. The Kier molecular flexibility index (Phi) is 6.48. The van der Waals surface area contributed by atoms with Gasteiger partial charge in [0.25, 0.3) is 16.6 Å². The maximum absolute atomic E-state index is 11.5. The molecule has 0 saturated carbocycles. The average molecular weight is 360 g/mol. The standard InChI is InChI=1S/C16H33NO4Si2/c1-12(20-22(8,9)15(2,3)4)13(14(18)19)17-21-23(10,11)16(5,6)7/h1H2,2-11H3,(H,18,19)/b17-13-. The predicted molar refractivity (Wildman–Crippen MR) is 101 cm³/mol. The summed E-state index contributed by atoms with van der Waals surface area (Å²) in [5, 5.41) is 13.2. The molecular formula is C16H33NO4Si2. The second-order valence-corrected chi connectivity index (χ2v) is 18.3. The number of hydrogen-bond acceptors (Lipinski definition) is 4. The van der Waals surface area contributed by atoms with Gasteiger partial charge in [-0.2, -0.15) is 0 Å². The molecule has 0 fully saturated rings. The SMILES string of the molecule is C=C(O[Si](C)(C)C(C)(C)C)/C(=N/O[Si](C)(C)C(C)(C)C)C(=O)O. The molecule has 0 aliphatic rings. The summed E-state index contributed by atoms with van der Waals surface area (Å²) in [4.78, 5) is 11.5. The second-order valence-electron chi connectivity index (χ2n) is 8.88. The van der Waals surface area contributed by atoms with E-state index in [1.807, 2.05) is 26.2 Å². The van der Waals surface area contributed by atoms with E-state index in [2.05, 4.69) is 53.3 Å². The zero-order chi connectivity index (χ0) is 18.9. The van der Waals surface area contributed by atoms with Crippen molar-refractivity contribution >= 4 is 28.3 Å². The summed E-state index contributed by atoms with van der Waals surface area (Å²) in [6.07, 6.45) is 0. The molecule has 0 radical (unpaired) electrons. The molecule has 0 aromatic heterocycles. The Balaban J connectivity index is 5.41. The van der Waals surface area contributed by atoms with Crippen molar-refractivity contribution in [3.05, 3.63) is 12.3 Å². The van der Waals surface area contributed by atoms with E-state index in [-0.39, 0.29) is 21.5 Å². The van der Waals surface area contributed by atoms with Crippen molar-refractivity contribution in [1.29, 1.82) is 0 Å². The highest BCUT2D eigenvalue weighted by Gasteiger charge is 2.42. The van der Waals surface area contributed by atoms with Crippen LogP contribution < -0.4 is 0 Å². The van der Waals surface area contributed by atoms with E-state index in [0.717, 1.165) is 0 Å². The van der Waals surface area contributed by atoms with Gasteiger partial charge in [0, 0.05) is 0 Å². The number of nitrogens with zero attached hydrogens (tertiary/aromatic N) is 1. The van der Waals surface area contributed by atoms with Crippen LogP contribution in [0.3, 0.4) is 0 Å². The molecule has 0 aromatic rings. The Labute approximate surface area is 143 Å². The molecule has 0 spiro atoms. The summed E-state index contributed by atoms with van der Waals surface area (Å²) in [6.45, 7) is 24.3. The normalized spacial score (nSPS) is 14.4. The van der Waals surface area contributed by atoms with Gasteiger partial charge in [-0.25, -0.2) is 4.79 Å². The molecule has 134 valence electrons. The Morgan fingerprint density at radius 1 is 0.957 bits per heavy atom. The third-order valence-corrected chi connectivity index (χ3v) is 13.4. The first-order chi connectivity index (χ1) is 9.92. The van der Waals surface area contributed by atoms with E-state index in [9.17, 15) is 9.90 Å². The third kappa shape index (κ3) is 5.80. The van der Waals surface area contributed by atoms with E-state index in [1.165, 1.54) is 0 Å². The van der Waals surface area contributed by atoms with E-state index >= 15 is 0 Å². The molecule has 0 atom stereocenters. The van der Waals surface area contributed by atoms with Crippen molar-refractivity contribution in [2.45, 2.75) is 77.8 Å². The summed E-state index contributed by atoms with van der Waals surface area (Å²) < 4.78 is 11.6. The minimum Gasteiger partial charge on any atom is -0.542 e. The number of hydrogen-bond donors (Lipinski definition) is 1. The van der Waals surface area contributed by atoms with Crippen LogP contribution in [-0.2, 0) is 13.7 Å². The van der Waals surface area contributed by atoms with Crippen LogP contribution in [0.25, 0.3) is 0 Å². The second kappa shape index (κ2) is 6.80. The van der Waals surface area contributed by atoms with Gasteiger partial charge in [0.15, 0.2) is 0 Å². The van der Waals surface area contributed by atoms with Crippen molar-refractivity contribution in [1.82, 2.24) is 0 Å². The first kappa shape index (κ1) is 21.9. The van der Waals surface area contributed by atoms with Crippen LogP contribution in [0, 0.1) is 0 Å². The molecule has 1 N–H and O–H groups in total. The Morgan fingerprint density at radius 3 is 1.65 bits per heavy atom. The first-order valence-corrected chi connectivity index (χ1v) is 13.6. The molecular weight excluding hydrogens is 326 g/mol. The van der Waals surface area contributed by atoms with Gasteiger partial charge in [-0.1, -0.05) is 53.3 Å². The predicted octanol–water partition coefficient (Wildman–Crippen LogP) is 4.98. The van der Waals surface area contributed by atoms with Crippen molar-refractivity contribution in [3.8, 4) is 0 Å². The first-order valence-electron chi connectivity index (χ1n) is 7.80. The summed E-state index contributed by atoms with van der Waals surface area (Å²) >= 11 is 0. The number of oxime groups is 1. The van der Waals surface area contributed by atoms with Gasteiger partial charge in [0.1, 0.15) is 5.76 Å². The van der Waals surface area contributed by atoms with Gasteiger partial charge in [0.2, 0.25) is 5.71 Å². The lowest BCUT2D eigenvalue weighted by atomic mass is 10.2. The quantitative estimate of drug-likeness (QED) is 0.314. The molecule has 0 unspecified atom stereocenters. The van der Waals surface area contributed by atoms with E-state index < -0.39 is 22.6 Å². The highest BCUT2D eigenvalue weighted by Crippen LogP contribution is 2.38. The molecule has 0 saturated heterocycles. The lowest BCUT2D eigenvalue weighted by molar-refractivity contribution is -0.129. The molecule has 0 aliphatic carbocycles. The molecule has 0 bridgehead atoms. The fraction of sp³-hybridized carbons (Fsp3) is 0.750. The van der Waals surface area contributed by atoms with Crippen molar-refractivity contribution < 1.29 is 18.9 Å². The summed E-state index contributed by atoms with van der Waals surface area (Å²) in [6, 6.07) is 0. The zero-order valence-corrected chi connectivity index (χ0v) is 18.3. The van der Waals surface area contributed by atoms with Crippen molar-refractivity contribution in [2.24, 2.45) is 5.16 Å². The number of carboxylic acid groups (broad SMARTS) is 1. The molecule has 0 aromatic carbocycles. The molecule has 5 nitrogen and oxygen atoms in total. The van der Waals surface area contributed by atoms with Gasteiger partial charge in [-0.15, -0.1) is 0 Å². The van der Waals surface area contributed by atoms with Gasteiger partial charge < -0.3 is 14.1 Å². The maximum atomic E-state index is 11.5. The maximum Gasteiger partial charge on any atom is 0.361 e. The fourth-order valence-corrected chi connectivity index (χ4v) is 2.63. The van der Waals surface area contributed by atoms with Crippen LogP contribution >= 0.6 is 0 Å². The summed E-state index contributed by atoms with van der Waals surface area (Å²) in [5.74, 6) is -1.12. The van der Waals surface area contributed by atoms with Crippen molar-refractivity contribution in [3.63, 3.8) is 0 Å². The topological polar surface area (TPSA) is 68.1 Å².